The SMILES string of the molecule is CCN(CC)CCn1c(NC(=O)C2CCCC(N)C2)nc2ccccc21.Cl.Cl. The number of likely N-dealkylation sites (N-methyl/N-ethyl adjacent to an activating group) is 1. The first kappa shape index (κ1) is 24.7. The summed E-state index contributed by atoms with van der Waals surface area (Å²) in [5.74, 6) is 0.705. The molecule has 1 aromatic heterocycles. The standard InChI is InChI=1S/C20H31N5O.2ClH/c1-3-24(4-2)12-13-25-18-11-6-5-10-17(18)22-20(25)23-19(26)15-8-7-9-16(21)14-15;;/h5-6,10-11,15-16H,3-4,7-9,12-14,21H2,1-2H3,(H,22,23,26);2*1H. The number of hydrogen-bond acceptors (Lipinski definition) is 4. The number of imidazole rings is 1. The number of anilines is 1. The van der Waals surface area contributed by atoms with Gasteiger partial charge in [-0.15, -0.1) is 24.8 Å². The molecule has 2 atom stereocenters. The molecule has 1 aliphatic rings. The van der Waals surface area contributed by atoms with Gasteiger partial charge < -0.3 is 15.2 Å². The van der Waals surface area contributed by atoms with Crippen LogP contribution in [0.15, 0.2) is 24.3 Å². The zero-order chi connectivity index (χ0) is 18.5. The lowest BCUT2D eigenvalue weighted by Gasteiger charge is -2.25. The van der Waals surface area contributed by atoms with Crippen LogP contribution in [0.2, 0.25) is 0 Å². The molecular formula is C20H33Cl2N5O. The van der Waals surface area contributed by atoms with Crippen LogP contribution in [0.5, 0.6) is 0 Å². The molecule has 0 aliphatic heterocycles. The minimum Gasteiger partial charge on any atom is -0.328 e. The van der Waals surface area contributed by atoms with Crippen LogP contribution in [0.3, 0.4) is 0 Å². The Morgan fingerprint density at radius 2 is 1.96 bits per heavy atom. The van der Waals surface area contributed by atoms with Gasteiger partial charge in [0.15, 0.2) is 0 Å². The Balaban J connectivity index is 0.00000196. The molecule has 158 valence electrons. The number of nitrogens with two attached hydrogens (primary N) is 1. The van der Waals surface area contributed by atoms with Crippen molar-refractivity contribution in [2.24, 2.45) is 11.7 Å². The molecule has 1 saturated carbocycles. The van der Waals surface area contributed by atoms with E-state index in [1.54, 1.807) is 0 Å². The van der Waals surface area contributed by atoms with Crippen LogP contribution >= 0.6 is 24.8 Å². The lowest BCUT2D eigenvalue weighted by atomic mass is 9.85. The number of aromatic nitrogens is 2. The topological polar surface area (TPSA) is 76.2 Å². The van der Waals surface area contributed by atoms with Crippen LogP contribution in [-0.4, -0.2) is 46.0 Å². The molecule has 2 unspecified atom stereocenters. The zero-order valence-corrected chi connectivity index (χ0v) is 18.4. The number of halogens is 2. The summed E-state index contributed by atoms with van der Waals surface area (Å²) in [5.41, 5.74) is 8.04. The first-order valence-corrected chi connectivity index (χ1v) is 9.86. The van der Waals surface area contributed by atoms with Crippen molar-refractivity contribution in [2.75, 3.05) is 25.0 Å². The molecule has 1 aliphatic carbocycles. The maximum absolute atomic E-state index is 12.8. The summed E-state index contributed by atoms with van der Waals surface area (Å²) >= 11 is 0. The van der Waals surface area contributed by atoms with Gasteiger partial charge in [-0.2, -0.15) is 0 Å². The number of nitrogens with zero attached hydrogens (tertiary/aromatic N) is 3. The van der Waals surface area contributed by atoms with E-state index in [1.807, 2.05) is 18.2 Å². The van der Waals surface area contributed by atoms with E-state index in [4.69, 9.17) is 5.73 Å². The highest BCUT2D eigenvalue weighted by Gasteiger charge is 2.26. The second-order valence-corrected chi connectivity index (χ2v) is 7.22. The van der Waals surface area contributed by atoms with Crippen molar-refractivity contribution in [3.63, 3.8) is 0 Å². The van der Waals surface area contributed by atoms with Crippen molar-refractivity contribution < 1.29 is 4.79 Å². The number of hydrogen-bond donors (Lipinski definition) is 2. The van der Waals surface area contributed by atoms with Crippen molar-refractivity contribution in [3.8, 4) is 0 Å². The minimum atomic E-state index is -0.00482. The molecule has 1 heterocycles. The highest BCUT2D eigenvalue weighted by molar-refractivity contribution is 5.93. The van der Waals surface area contributed by atoms with Crippen LogP contribution in [0.4, 0.5) is 5.95 Å². The van der Waals surface area contributed by atoms with Gasteiger partial charge in [-0.3, -0.25) is 10.1 Å². The molecule has 0 spiro atoms. The molecule has 1 aromatic carbocycles. The Kier molecular flexibility index (Phi) is 10.2. The summed E-state index contributed by atoms with van der Waals surface area (Å²) in [6, 6.07) is 8.20. The van der Waals surface area contributed by atoms with E-state index >= 15 is 0 Å². The normalized spacial score (nSPS) is 19.1. The van der Waals surface area contributed by atoms with Gasteiger partial charge in [0.05, 0.1) is 11.0 Å². The molecule has 6 nitrogen and oxygen atoms in total. The second kappa shape index (κ2) is 11.6. The van der Waals surface area contributed by atoms with Crippen LogP contribution in [0.25, 0.3) is 11.0 Å². The summed E-state index contributed by atoms with van der Waals surface area (Å²) < 4.78 is 2.13. The summed E-state index contributed by atoms with van der Waals surface area (Å²) in [6.07, 6.45) is 3.73. The molecule has 0 bridgehead atoms. The lowest BCUT2D eigenvalue weighted by Crippen LogP contribution is -2.35. The summed E-state index contributed by atoms with van der Waals surface area (Å²) in [5, 5.41) is 3.09. The first-order valence-electron chi connectivity index (χ1n) is 9.86. The summed E-state index contributed by atoms with van der Waals surface area (Å²) in [7, 11) is 0. The fraction of sp³-hybridized carbons (Fsp3) is 0.600. The quantitative estimate of drug-likeness (QED) is 0.703. The fourth-order valence-electron chi connectivity index (χ4n) is 3.86. The number of amides is 1. The van der Waals surface area contributed by atoms with Gasteiger partial charge in [0.1, 0.15) is 0 Å². The number of carbonyl (C=O) groups is 1. The second-order valence-electron chi connectivity index (χ2n) is 7.22. The van der Waals surface area contributed by atoms with Crippen LogP contribution in [-0.2, 0) is 11.3 Å². The molecule has 1 amide bonds. The Labute approximate surface area is 180 Å². The maximum atomic E-state index is 12.8. The monoisotopic (exact) mass is 429 g/mol. The molecule has 3 N–H and O–H groups in total. The number of nitrogens with one attached hydrogen (secondary N) is 1. The molecule has 28 heavy (non-hydrogen) atoms. The Hall–Kier alpha value is -1.34. The predicted molar refractivity (Wildman–Crippen MR) is 121 cm³/mol. The number of fused-ring (bicyclic) bond motifs is 1. The van der Waals surface area contributed by atoms with Crippen LogP contribution in [0.1, 0.15) is 39.5 Å². The van der Waals surface area contributed by atoms with Crippen LogP contribution in [0, 0.1) is 5.92 Å². The van der Waals surface area contributed by atoms with Gasteiger partial charge in [0, 0.05) is 25.0 Å². The molecule has 0 radical (unpaired) electrons. The van der Waals surface area contributed by atoms with Crippen molar-refractivity contribution in [3.05, 3.63) is 24.3 Å². The Bertz CT molecular complexity index is 747. The third kappa shape index (κ3) is 5.83. The van der Waals surface area contributed by atoms with Crippen molar-refractivity contribution >= 4 is 47.7 Å². The summed E-state index contributed by atoms with van der Waals surface area (Å²) in [6.45, 7) is 8.12. The largest absolute Gasteiger partial charge is 0.328 e. The fourth-order valence-corrected chi connectivity index (χ4v) is 3.86. The van der Waals surface area contributed by atoms with Gasteiger partial charge >= 0.3 is 0 Å². The molecule has 8 heteroatoms. The van der Waals surface area contributed by atoms with E-state index in [9.17, 15) is 4.79 Å². The minimum absolute atomic E-state index is 0. The van der Waals surface area contributed by atoms with E-state index in [1.165, 1.54) is 0 Å². The van der Waals surface area contributed by atoms with Crippen molar-refractivity contribution in [1.29, 1.82) is 0 Å². The average molecular weight is 430 g/mol. The van der Waals surface area contributed by atoms with Gasteiger partial charge in [-0.25, -0.2) is 4.98 Å². The van der Waals surface area contributed by atoms with Gasteiger partial charge in [-0.05, 0) is 44.5 Å². The lowest BCUT2D eigenvalue weighted by molar-refractivity contribution is -0.121. The number of benzene rings is 1. The zero-order valence-electron chi connectivity index (χ0n) is 16.8. The van der Waals surface area contributed by atoms with Crippen molar-refractivity contribution in [2.45, 2.75) is 52.1 Å². The first-order chi connectivity index (χ1) is 12.6. The highest BCUT2D eigenvalue weighted by atomic mass is 35.5. The third-order valence-corrected chi connectivity index (χ3v) is 5.51. The number of para-hydroxylation sites is 2. The molecule has 2 aromatic rings. The molecule has 0 saturated heterocycles. The number of carbonyl (C=O) groups excluding carboxylic acids is 1. The van der Waals surface area contributed by atoms with Crippen LogP contribution < -0.4 is 11.1 Å². The molecule has 1 fully saturated rings. The van der Waals surface area contributed by atoms with Gasteiger partial charge in [-0.1, -0.05) is 32.4 Å². The van der Waals surface area contributed by atoms with E-state index in [2.05, 4.69) is 39.7 Å². The van der Waals surface area contributed by atoms with Gasteiger partial charge in [0.25, 0.3) is 0 Å². The smallest absolute Gasteiger partial charge is 0.229 e. The number of rotatable bonds is 7. The predicted octanol–water partition coefficient (Wildman–Crippen LogP) is 3.68. The van der Waals surface area contributed by atoms with Gasteiger partial charge in [0.2, 0.25) is 11.9 Å². The maximum Gasteiger partial charge on any atom is 0.229 e. The average Bonchev–Trinajstić information content (AvgIpc) is 3.00. The van der Waals surface area contributed by atoms with E-state index in [0.29, 0.717) is 5.95 Å². The summed E-state index contributed by atoms with van der Waals surface area (Å²) in [4.78, 5) is 19.8. The molecular weight excluding hydrogens is 397 g/mol. The Morgan fingerprint density at radius 1 is 1.25 bits per heavy atom. The Morgan fingerprint density at radius 3 is 2.64 bits per heavy atom. The molecule has 3 rings (SSSR count). The third-order valence-electron chi connectivity index (χ3n) is 5.51. The van der Waals surface area contributed by atoms with E-state index in [-0.39, 0.29) is 42.7 Å². The highest BCUT2D eigenvalue weighted by Crippen LogP contribution is 2.25. The van der Waals surface area contributed by atoms with Crippen molar-refractivity contribution in [1.82, 2.24) is 14.5 Å². The van der Waals surface area contributed by atoms with E-state index < -0.39 is 0 Å². The van der Waals surface area contributed by atoms with E-state index in [0.717, 1.165) is 62.9 Å².